The average molecular weight is 343 g/mol. The summed E-state index contributed by atoms with van der Waals surface area (Å²) >= 11 is 1.49. The Morgan fingerprint density at radius 2 is 2.21 bits per heavy atom. The van der Waals surface area contributed by atoms with Crippen LogP contribution in [0.15, 0.2) is 41.4 Å². The highest BCUT2D eigenvalue weighted by molar-refractivity contribution is 8.00. The Balaban J connectivity index is 1.69. The Morgan fingerprint density at radius 3 is 3.00 bits per heavy atom. The molecule has 1 aliphatic heterocycles. The Labute approximate surface area is 144 Å². The Kier molecular flexibility index (Phi) is 4.71. The summed E-state index contributed by atoms with van der Waals surface area (Å²) in [7, 11) is 1.55. The number of benzene rings is 1. The SMILES string of the molecule is COc1cc(CNC(=O)c2ccc3c(c2)NC(=O)[C@@H](C)S3)ccn1. The van der Waals surface area contributed by atoms with Crippen LogP contribution in [0.3, 0.4) is 0 Å². The molecule has 0 bridgehead atoms. The summed E-state index contributed by atoms with van der Waals surface area (Å²) in [4.78, 5) is 29.1. The molecule has 1 aliphatic rings. The molecule has 7 heteroatoms. The molecule has 0 saturated heterocycles. The summed E-state index contributed by atoms with van der Waals surface area (Å²) in [6.45, 7) is 2.22. The number of nitrogens with zero attached hydrogens (tertiary/aromatic N) is 1. The minimum atomic E-state index is -0.202. The summed E-state index contributed by atoms with van der Waals surface area (Å²) in [5, 5.41) is 5.55. The van der Waals surface area contributed by atoms with E-state index in [0.29, 0.717) is 23.7 Å². The molecule has 1 aromatic heterocycles. The topological polar surface area (TPSA) is 80.3 Å². The minimum Gasteiger partial charge on any atom is -0.481 e. The van der Waals surface area contributed by atoms with Crippen molar-refractivity contribution in [2.75, 3.05) is 12.4 Å². The maximum Gasteiger partial charge on any atom is 0.251 e. The number of methoxy groups -OCH3 is 1. The molecule has 0 radical (unpaired) electrons. The number of anilines is 1. The number of pyridine rings is 1. The molecule has 24 heavy (non-hydrogen) atoms. The van der Waals surface area contributed by atoms with Crippen molar-refractivity contribution in [1.29, 1.82) is 0 Å². The molecule has 2 N–H and O–H groups in total. The number of ether oxygens (including phenoxy) is 1. The summed E-state index contributed by atoms with van der Waals surface area (Å²) in [6.07, 6.45) is 1.63. The lowest BCUT2D eigenvalue weighted by molar-refractivity contribution is -0.115. The van der Waals surface area contributed by atoms with Gasteiger partial charge >= 0.3 is 0 Å². The second-order valence-electron chi connectivity index (χ2n) is 5.35. The third-order valence-corrected chi connectivity index (χ3v) is 4.81. The highest BCUT2D eigenvalue weighted by atomic mass is 32.2. The van der Waals surface area contributed by atoms with Gasteiger partial charge in [-0.2, -0.15) is 0 Å². The third-order valence-electron chi connectivity index (χ3n) is 3.63. The quantitative estimate of drug-likeness (QED) is 0.891. The van der Waals surface area contributed by atoms with E-state index in [0.717, 1.165) is 10.5 Å². The Morgan fingerprint density at radius 1 is 1.38 bits per heavy atom. The van der Waals surface area contributed by atoms with Crippen LogP contribution in [0.1, 0.15) is 22.8 Å². The van der Waals surface area contributed by atoms with E-state index in [-0.39, 0.29) is 17.1 Å². The fourth-order valence-electron chi connectivity index (χ4n) is 2.31. The average Bonchev–Trinajstić information content (AvgIpc) is 2.60. The van der Waals surface area contributed by atoms with Crippen LogP contribution in [0.5, 0.6) is 5.88 Å². The molecule has 6 nitrogen and oxygen atoms in total. The van der Waals surface area contributed by atoms with E-state index >= 15 is 0 Å². The van der Waals surface area contributed by atoms with Gasteiger partial charge in [0.2, 0.25) is 11.8 Å². The van der Waals surface area contributed by atoms with Crippen molar-refractivity contribution < 1.29 is 14.3 Å². The van der Waals surface area contributed by atoms with Gasteiger partial charge in [0.15, 0.2) is 0 Å². The summed E-state index contributed by atoms with van der Waals surface area (Å²) in [6, 6.07) is 8.91. The molecule has 0 aliphatic carbocycles. The molecule has 0 unspecified atom stereocenters. The first-order chi connectivity index (χ1) is 11.6. The molecule has 1 atom stereocenters. The number of hydrogen-bond acceptors (Lipinski definition) is 5. The van der Waals surface area contributed by atoms with Crippen molar-refractivity contribution in [3.8, 4) is 5.88 Å². The Hall–Kier alpha value is -2.54. The molecule has 124 valence electrons. The highest BCUT2D eigenvalue weighted by Crippen LogP contribution is 2.35. The molecule has 2 heterocycles. The third kappa shape index (κ3) is 3.51. The zero-order chi connectivity index (χ0) is 17.1. The number of carbonyl (C=O) groups excluding carboxylic acids is 2. The van der Waals surface area contributed by atoms with Crippen LogP contribution in [0.2, 0.25) is 0 Å². The van der Waals surface area contributed by atoms with Crippen molar-refractivity contribution >= 4 is 29.3 Å². The van der Waals surface area contributed by atoms with Crippen LogP contribution >= 0.6 is 11.8 Å². The molecule has 0 saturated carbocycles. The summed E-state index contributed by atoms with van der Waals surface area (Å²) in [5.41, 5.74) is 2.08. The van der Waals surface area contributed by atoms with Gasteiger partial charge in [0.25, 0.3) is 5.91 Å². The van der Waals surface area contributed by atoms with Crippen molar-refractivity contribution in [1.82, 2.24) is 10.3 Å². The Bertz CT molecular complexity index is 794. The van der Waals surface area contributed by atoms with Gasteiger partial charge in [-0.15, -0.1) is 11.8 Å². The van der Waals surface area contributed by atoms with Crippen LogP contribution in [-0.4, -0.2) is 29.2 Å². The lowest BCUT2D eigenvalue weighted by Crippen LogP contribution is -2.27. The molecule has 2 aromatic rings. The monoisotopic (exact) mass is 343 g/mol. The van der Waals surface area contributed by atoms with Gasteiger partial charge in [-0.1, -0.05) is 0 Å². The molecule has 2 amide bonds. The predicted molar refractivity (Wildman–Crippen MR) is 92.3 cm³/mol. The highest BCUT2D eigenvalue weighted by Gasteiger charge is 2.23. The maximum absolute atomic E-state index is 12.3. The lowest BCUT2D eigenvalue weighted by Gasteiger charge is -2.21. The van der Waals surface area contributed by atoms with Gasteiger partial charge in [-0.3, -0.25) is 9.59 Å². The molecule has 3 rings (SSSR count). The van der Waals surface area contributed by atoms with E-state index < -0.39 is 0 Å². The molecular weight excluding hydrogens is 326 g/mol. The van der Waals surface area contributed by atoms with Gasteiger partial charge in [0.1, 0.15) is 0 Å². The first-order valence-electron chi connectivity index (χ1n) is 7.45. The maximum atomic E-state index is 12.3. The van der Waals surface area contributed by atoms with Gasteiger partial charge in [-0.25, -0.2) is 4.98 Å². The van der Waals surface area contributed by atoms with Crippen molar-refractivity contribution in [3.63, 3.8) is 0 Å². The number of amides is 2. The standard InChI is InChI=1S/C17H17N3O3S/c1-10-16(21)20-13-8-12(3-4-14(13)24-10)17(22)19-9-11-5-6-18-15(7-11)23-2/h3-8,10H,9H2,1-2H3,(H,19,22)(H,20,21)/t10-/m1/s1. The normalized spacial score (nSPS) is 16.1. The first-order valence-corrected chi connectivity index (χ1v) is 8.33. The largest absolute Gasteiger partial charge is 0.481 e. The van der Waals surface area contributed by atoms with Crippen LogP contribution in [0.25, 0.3) is 0 Å². The van der Waals surface area contributed by atoms with E-state index in [4.69, 9.17) is 4.74 Å². The van der Waals surface area contributed by atoms with Crippen molar-refractivity contribution in [2.45, 2.75) is 23.6 Å². The molecule has 0 spiro atoms. The zero-order valence-corrected chi connectivity index (χ0v) is 14.1. The minimum absolute atomic E-state index is 0.0473. The first kappa shape index (κ1) is 16.3. The second kappa shape index (κ2) is 6.92. The van der Waals surface area contributed by atoms with E-state index in [1.165, 1.54) is 11.8 Å². The van der Waals surface area contributed by atoms with Crippen LogP contribution in [0.4, 0.5) is 5.69 Å². The van der Waals surface area contributed by atoms with Crippen LogP contribution in [0, 0.1) is 0 Å². The number of nitrogens with one attached hydrogen (secondary N) is 2. The van der Waals surface area contributed by atoms with Crippen molar-refractivity contribution in [3.05, 3.63) is 47.7 Å². The van der Waals surface area contributed by atoms with Gasteiger partial charge in [0, 0.05) is 29.3 Å². The van der Waals surface area contributed by atoms with E-state index in [1.54, 1.807) is 31.5 Å². The number of aromatic nitrogens is 1. The summed E-state index contributed by atoms with van der Waals surface area (Å²) < 4.78 is 5.06. The number of hydrogen-bond donors (Lipinski definition) is 2. The lowest BCUT2D eigenvalue weighted by atomic mass is 10.1. The molecular formula is C17H17N3O3S. The van der Waals surface area contributed by atoms with E-state index in [9.17, 15) is 9.59 Å². The van der Waals surface area contributed by atoms with Crippen LogP contribution < -0.4 is 15.4 Å². The van der Waals surface area contributed by atoms with Crippen molar-refractivity contribution in [2.24, 2.45) is 0 Å². The molecule has 1 aromatic carbocycles. The molecule has 0 fully saturated rings. The van der Waals surface area contributed by atoms with Gasteiger partial charge < -0.3 is 15.4 Å². The van der Waals surface area contributed by atoms with E-state index in [2.05, 4.69) is 15.6 Å². The predicted octanol–water partition coefficient (Wildman–Crippen LogP) is 2.45. The van der Waals surface area contributed by atoms with E-state index in [1.807, 2.05) is 19.1 Å². The number of carbonyl (C=O) groups is 2. The fourth-order valence-corrected chi connectivity index (χ4v) is 3.24. The smallest absolute Gasteiger partial charge is 0.251 e. The summed E-state index contributed by atoms with van der Waals surface area (Å²) in [5.74, 6) is 0.254. The fraction of sp³-hybridized carbons (Fsp3) is 0.235. The van der Waals surface area contributed by atoms with Gasteiger partial charge in [-0.05, 0) is 36.8 Å². The zero-order valence-electron chi connectivity index (χ0n) is 13.3. The number of rotatable bonds is 4. The van der Waals surface area contributed by atoms with Crippen LogP contribution in [-0.2, 0) is 11.3 Å². The number of fused-ring (bicyclic) bond motifs is 1. The second-order valence-corrected chi connectivity index (χ2v) is 6.73. The number of thioether (sulfide) groups is 1. The van der Waals surface area contributed by atoms with Gasteiger partial charge in [0.05, 0.1) is 18.0 Å².